The maximum absolute atomic E-state index is 9.09. The Hall–Kier alpha value is -2.15. The molecule has 0 saturated heterocycles. The van der Waals surface area contributed by atoms with E-state index in [2.05, 4.69) is 35.4 Å². The molecule has 0 aliphatic carbocycles. The number of hydrogen-bond donors (Lipinski definition) is 1. The van der Waals surface area contributed by atoms with Gasteiger partial charge in [0.1, 0.15) is 6.07 Å². The Morgan fingerprint density at radius 2 is 2.06 bits per heavy atom. The Morgan fingerprint density at radius 3 is 2.78 bits per heavy atom. The van der Waals surface area contributed by atoms with Crippen LogP contribution in [0, 0.1) is 17.2 Å². The summed E-state index contributed by atoms with van der Waals surface area (Å²) in [5.41, 5.74) is 1.96. The second kappa shape index (κ2) is 5.46. The summed E-state index contributed by atoms with van der Waals surface area (Å²) in [6, 6.07) is 9.81. The predicted octanol–water partition coefficient (Wildman–Crippen LogP) is 2.96. The summed E-state index contributed by atoms with van der Waals surface area (Å²) >= 11 is 0. The first-order valence-electron chi connectivity index (χ1n) is 6.11. The van der Waals surface area contributed by atoms with E-state index in [4.69, 9.17) is 5.26 Å². The highest BCUT2D eigenvalue weighted by Gasteiger charge is 2.09. The second-order valence-electron chi connectivity index (χ2n) is 4.66. The minimum absolute atomic E-state index is 0.359. The van der Waals surface area contributed by atoms with Gasteiger partial charge in [0.25, 0.3) is 0 Å². The van der Waals surface area contributed by atoms with Crippen LogP contribution in [0.5, 0.6) is 0 Å². The summed E-state index contributed by atoms with van der Waals surface area (Å²) in [4.78, 5) is 0. The van der Waals surface area contributed by atoms with Gasteiger partial charge in [-0.25, -0.2) is 0 Å². The molecule has 1 heterocycles. The van der Waals surface area contributed by atoms with E-state index in [0.29, 0.717) is 11.6 Å². The Morgan fingerprint density at radius 1 is 1.28 bits per heavy atom. The molecule has 1 N–H and O–H groups in total. The zero-order valence-electron chi connectivity index (χ0n) is 10.6. The molecule has 0 aliphatic rings. The average molecular weight is 240 g/mol. The Balaban J connectivity index is 2.36. The Labute approximate surface area is 107 Å². The van der Waals surface area contributed by atoms with Crippen LogP contribution in [0.25, 0.3) is 10.9 Å². The van der Waals surface area contributed by atoms with E-state index in [0.717, 1.165) is 29.6 Å². The SMILES string of the molecule is CC(C)CCNc1c(C#N)nnc2ccccc12. The van der Waals surface area contributed by atoms with E-state index in [1.54, 1.807) is 0 Å². The van der Waals surface area contributed by atoms with Crippen molar-refractivity contribution in [2.24, 2.45) is 5.92 Å². The van der Waals surface area contributed by atoms with E-state index in [-0.39, 0.29) is 0 Å². The van der Waals surface area contributed by atoms with Gasteiger partial charge < -0.3 is 5.32 Å². The number of rotatable bonds is 4. The first kappa shape index (κ1) is 12.3. The molecule has 2 rings (SSSR count). The highest BCUT2D eigenvalue weighted by atomic mass is 15.1. The lowest BCUT2D eigenvalue weighted by molar-refractivity contribution is 0.607. The monoisotopic (exact) mass is 240 g/mol. The molecule has 0 aliphatic heterocycles. The number of aromatic nitrogens is 2. The summed E-state index contributed by atoms with van der Waals surface area (Å²) in [5, 5.41) is 21.4. The lowest BCUT2D eigenvalue weighted by atomic mass is 10.1. The first-order valence-corrected chi connectivity index (χ1v) is 6.11. The summed E-state index contributed by atoms with van der Waals surface area (Å²) in [5.74, 6) is 0.629. The summed E-state index contributed by atoms with van der Waals surface area (Å²) in [7, 11) is 0. The minimum atomic E-state index is 0.359. The molecule has 0 saturated carbocycles. The van der Waals surface area contributed by atoms with Crippen molar-refractivity contribution in [3.05, 3.63) is 30.0 Å². The Bertz CT molecular complexity index is 584. The fourth-order valence-electron chi connectivity index (χ4n) is 1.80. The lowest BCUT2D eigenvalue weighted by Gasteiger charge is -2.11. The molecule has 0 amide bonds. The molecule has 4 nitrogen and oxygen atoms in total. The zero-order chi connectivity index (χ0) is 13.0. The highest BCUT2D eigenvalue weighted by molar-refractivity contribution is 5.92. The van der Waals surface area contributed by atoms with Gasteiger partial charge in [0.2, 0.25) is 0 Å². The molecule has 0 atom stereocenters. The van der Waals surface area contributed by atoms with Crippen LogP contribution in [0.1, 0.15) is 26.0 Å². The van der Waals surface area contributed by atoms with Crippen molar-refractivity contribution in [2.75, 3.05) is 11.9 Å². The van der Waals surface area contributed by atoms with Crippen molar-refractivity contribution in [1.82, 2.24) is 10.2 Å². The van der Waals surface area contributed by atoms with Gasteiger partial charge in [-0.3, -0.25) is 0 Å². The molecule has 0 unspecified atom stereocenters. The molecule has 4 heteroatoms. The summed E-state index contributed by atoms with van der Waals surface area (Å²) < 4.78 is 0. The van der Waals surface area contributed by atoms with Crippen LogP contribution < -0.4 is 5.32 Å². The largest absolute Gasteiger partial charge is 0.382 e. The van der Waals surface area contributed by atoms with Crippen molar-refractivity contribution in [3.63, 3.8) is 0 Å². The van der Waals surface area contributed by atoms with E-state index < -0.39 is 0 Å². The Kier molecular flexibility index (Phi) is 3.73. The number of nitrogens with one attached hydrogen (secondary N) is 1. The van der Waals surface area contributed by atoms with Gasteiger partial charge in [0.05, 0.1) is 11.2 Å². The normalized spacial score (nSPS) is 10.6. The van der Waals surface area contributed by atoms with Crippen LogP contribution in [0.2, 0.25) is 0 Å². The summed E-state index contributed by atoms with van der Waals surface area (Å²) in [6.07, 6.45) is 1.06. The molecule has 1 aromatic heterocycles. The highest BCUT2D eigenvalue weighted by Crippen LogP contribution is 2.23. The smallest absolute Gasteiger partial charge is 0.186 e. The van der Waals surface area contributed by atoms with Crippen molar-refractivity contribution in [2.45, 2.75) is 20.3 Å². The van der Waals surface area contributed by atoms with Crippen molar-refractivity contribution >= 4 is 16.6 Å². The van der Waals surface area contributed by atoms with E-state index in [9.17, 15) is 0 Å². The molecule has 18 heavy (non-hydrogen) atoms. The summed E-state index contributed by atoms with van der Waals surface area (Å²) in [6.45, 7) is 5.19. The topological polar surface area (TPSA) is 61.6 Å². The third kappa shape index (κ3) is 2.57. The third-order valence-electron chi connectivity index (χ3n) is 2.80. The van der Waals surface area contributed by atoms with Gasteiger partial charge >= 0.3 is 0 Å². The molecule has 2 aromatic rings. The van der Waals surface area contributed by atoms with Crippen LogP contribution in [0.15, 0.2) is 24.3 Å². The fourth-order valence-corrected chi connectivity index (χ4v) is 1.80. The van der Waals surface area contributed by atoms with Gasteiger partial charge in [0, 0.05) is 11.9 Å². The molecule has 0 fully saturated rings. The molecule has 0 spiro atoms. The second-order valence-corrected chi connectivity index (χ2v) is 4.66. The lowest BCUT2D eigenvalue weighted by Crippen LogP contribution is -2.08. The van der Waals surface area contributed by atoms with Crippen molar-refractivity contribution in [3.8, 4) is 6.07 Å². The number of nitriles is 1. The number of fused-ring (bicyclic) bond motifs is 1. The van der Waals surface area contributed by atoms with Crippen LogP contribution in [0.3, 0.4) is 0 Å². The van der Waals surface area contributed by atoms with Crippen LogP contribution >= 0.6 is 0 Å². The van der Waals surface area contributed by atoms with Gasteiger partial charge in [0.15, 0.2) is 5.69 Å². The van der Waals surface area contributed by atoms with Crippen molar-refractivity contribution < 1.29 is 0 Å². The van der Waals surface area contributed by atoms with Crippen molar-refractivity contribution in [1.29, 1.82) is 5.26 Å². The third-order valence-corrected chi connectivity index (χ3v) is 2.80. The average Bonchev–Trinajstić information content (AvgIpc) is 2.38. The van der Waals surface area contributed by atoms with Gasteiger partial charge in [-0.05, 0) is 18.4 Å². The molecule has 1 aromatic carbocycles. The number of anilines is 1. The number of hydrogen-bond acceptors (Lipinski definition) is 4. The molecular weight excluding hydrogens is 224 g/mol. The number of nitrogens with zero attached hydrogens (tertiary/aromatic N) is 3. The fraction of sp³-hybridized carbons (Fsp3) is 0.357. The number of benzene rings is 1. The van der Waals surface area contributed by atoms with Crippen LogP contribution in [-0.4, -0.2) is 16.7 Å². The van der Waals surface area contributed by atoms with E-state index in [1.165, 1.54) is 0 Å². The van der Waals surface area contributed by atoms with Gasteiger partial charge in [-0.15, -0.1) is 10.2 Å². The van der Waals surface area contributed by atoms with Gasteiger partial charge in [-0.2, -0.15) is 5.26 Å². The van der Waals surface area contributed by atoms with Crippen LogP contribution in [0.4, 0.5) is 5.69 Å². The maximum atomic E-state index is 9.09. The molecule has 0 radical (unpaired) electrons. The minimum Gasteiger partial charge on any atom is -0.382 e. The molecule has 0 bridgehead atoms. The van der Waals surface area contributed by atoms with Crippen LogP contribution in [-0.2, 0) is 0 Å². The van der Waals surface area contributed by atoms with E-state index in [1.807, 2.05) is 24.3 Å². The van der Waals surface area contributed by atoms with Gasteiger partial charge in [-0.1, -0.05) is 32.0 Å². The first-order chi connectivity index (χ1) is 8.72. The quantitative estimate of drug-likeness (QED) is 0.892. The molecular formula is C14H16N4. The molecule has 92 valence electrons. The standard InChI is InChI=1S/C14H16N4/c1-10(2)7-8-16-14-11-5-3-4-6-12(11)17-18-13(14)9-15/h3-6,10H,7-8H2,1-2H3,(H,16,17). The predicted molar refractivity (Wildman–Crippen MR) is 72.2 cm³/mol. The maximum Gasteiger partial charge on any atom is 0.186 e. The zero-order valence-corrected chi connectivity index (χ0v) is 10.6. The van der Waals surface area contributed by atoms with E-state index >= 15 is 0 Å².